The molecule has 1 aromatic carbocycles. The van der Waals surface area contributed by atoms with Gasteiger partial charge in [-0.3, -0.25) is 4.79 Å². The predicted octanol–water partition coefficient (Wildman–Crippen LogP) is 3.04. The Morgan fingerprint density at radius 3 is 2.19 bits per heavy atom. The monoisotopic (exact) mass is 286 g/mol. The molecule has 16 heavy (non-hydrogen) atoms. The predicted molar refractivity (Wildman–Crippen MR) is 66.6 cm³/mol. The molecule has 0 N–H and O–H groups in total. The zero-order valence-electron chi connectivity index (χ0n) is 9.83. The molecule has 1 aromatic rings. The summed E-state index contributed by atoms with van der Waals surface area (Å²) in [7, 11) is 3.17. The van der Waals surface area contributed by atoms with E-state index in [1.807, 2.05) is 19.1 Å². The molecule has 0 spiro atoms. The number of ether oxygens (including phenoxy) is 2. The van der Waals surface area contributed by atoms with Gasteiger partial charge in [0.15, 0.2) is 11.5 Å². The lowest BCUT2D eigenvalue weighted by atomic mass is 10.0. The summed E-state index contributed by atoms with van der Waals surface area (Å²) in [6.07, 6.45) is 0. The fourth-order valence-corrected chi connectivity index (χ4v) is 1.98. The molecule has 0 fully saturated rings. The van der Waals surface area contributed by atoms with Gasteiger partial charge in [-0.25, -0.2) is 0 Å². The van der Waals surface area contributed by atoms with Crippen LogP contribution >= 0.6 is 15.9 Å². The maximum absolute atomic E-state index is 11.3. The SMILES string of the molecule is COc1cc(C)c(C(Br)C(C)=O)cc1OC. The Morgan fingerprint density at radius 1 is 1.25 bits per heavy atom. The number of rotatable bonds is 4. The van der Waals surface area contributed by atoms with Gasteiger partial charge in [0.05, 0.1) is 19.0 Å². The van der Waals surface area contributed by atoms with E-state index in [0.717, 1.165) is 11.1 Å². The van der Waals surface area contributed by atoms with Crippen LogP contribution in [0.4, 0.5) is 0 Å². The first-order valence-corrected chi connectivity index (χ1v) is 5.79. The molecule has 0 aromatic heterocycles. The normalized spacial score (nSPS) is 12.1. The molecule has 0 aliphatic carbocycles. The zero-order valence-corrected chi connectivity index (χ0v) is 11.4. The number of ketones is 1. The Balaban J connectivity index is 3.26. The first kappa shape index (κ1) is 13.0. The highest BCUT2D eigenvalue weighted by Gasteiger charge is 2.18. The van der Waals surface area contributed by atoms with Crippen molar-refractivity contribution in [3.8, 4) is 11.5 Å². The Labute approximate surface area is 104 Å². The van der Waals surface area contributed by atoms with E-state index in [1.54, 1.807) is 21.1 Å². The number of carbonyl (C=O) groups excluding carboxylic acids is 1. The number of carbonyl (C=O) groups is 1. The van der Waals surface area contributed by atoms with Crippen LogP contribution in [0.2, 0.25) is 0 Å². The van der Waals surface area contributed by atoms with Gasteiger partial charge in [0.25, 0.3) is 0 Å². The quantitative estimate of drug-likeness (QED) is 0.798. The maximum atomic E-state index is 11.3. The van der Waals surface area contributed by atoms with Crippen molar-refractivity contribution in [2.24, 2.45) is 0 Å². The second kappa shape index (κ2) is 5.34. The van der Waals surface area contributed by atoms with Gasteiger partial charge in [-0.05, 0) is 37.1 Å². The van der Waals surface area contributed by atoms with Crippen LogP contribution in [0.15, 0.2) is 12.1 Å². The molecule has 88 valence electrons. The summed E-state index contributed by atoms with van der Waals surface area (Å²) in [6, 6.07) is 3.69. The molecular weight excluding hydrogens is 272 g/mol. The lowest BCUT2D eigenvalue weighted by Gasteiger charge is -2.14. The molecule has 1 unspecified atom stereocenters. The molecule has 0 saturated carbocycles. The van der Waals surface area contributed by atoms with Crippen LogP contribution in [0, 0.1) is 6.92 Å². The Bertz CT molecular complexity index is 401. The zero-order chi connectivity index (χ0) is 12.3. The molecular formula is C12H15BrO3. The minimum absolute atomic E-state index is 0.0651. The standard InChI is InChI=1S/C12H15BrO3/c1-7-5-10(15-3)11(16-4)6-9(7)12(13)8(2)14/h5-6,12H,1-4H3. The van der Waals surface area contributed by atoms with Gasteiger partial charge < -0.3 is 9.47 Å². The van der Waals surface area contributed by atoms with Crippen LogP contribution < -0.4 is 9.47 Å². The van der Waals surface area contributed by atoms with E-state index in [4.69, 9.17) is 9.47 Å². The highest BCUT2D eigenvalue weighted by molar-refractivity contribution is 9.09. The molecule has 0 radical (unpaired) electrons. The first-order chi connectivity index (χ1) is 7.51. The smallest absolute Gasteiger partial charge is 0.161 e. The fraction of sp³-hybridized carbons (Fsp3) is 0.417. The van der Waals surface area contributed by atoms with Gasteiger partial charge in [-0.15, -0.1) is 0 Å². The number of hydrogen-bond acceptors (Lipinski definition) is 3. The number of aryl methyl sites for hydroxylation is 1. The van der Waals surface area contributed by atoms with Crippen molar-refractivity contribution in [2.75, 3.05) is 14.2 Å². The number of halogens is 1. The van der Waals surface area contributed by atoms with Gasteiger partial charge in [-0.1, -0.05) is 15.9 Å². The van der Waals surface area contributed by atoms with Crippen molar-refractivity contribution >= 4 is 21.7 Å². The van der Waals surface area contributed by atoms with E-state index < -0.39 is 0 Å². The Hall–Kier alpha value is -1.03. The summed E-state index contributed by atoms with van der Waals surface area (Å²) in [5, 5.41) is 0. The molecule has 0 bridgehead atoms. The Morgan fingerprint density at radius 2 is 1.75 bits per heavy atom. The van der Waals surface area contributed by atoms with Crippen LogP contribution in [-0.2, 0) is 4.79 Å². The van der Waals surface area contributed by atoms with Crippen molar-refractivity contribution in [2.45, 2.75) is 18.7 Å². The highest BCUT2D eigenvalue weighted by Crippen LogP contribution is 2.35. The van der Waals surface area contributed by atoms with E-state index in [2.05, 4.69) is 15.9 Å². The number of hydrogen-bond donors (Lipinski definition) is 0. The average molecular weight is 287 g/mol. The summed E-state index contributed by atoms with van der Waals surface area (Å²) in [5.74, 6) is 1.37. The van der Waals surface area contributed by atoms with Crippen LogP contribution in [-0.4, -0.2) is 20.0 Å². The van der Waals surface area contributed by atoms with Crippen molar-refractivity contribution < 1.29 is 14.3 Å². The summed E-state index contributed by atoms with van der Waals surface area (Å²) in [6.45, 7) is 3.49. The highest BCUT2D eigenvalue weighted by atomic mass is 79.9. The van der Waals surface area contributed by atoms with E-state index in [1.165, 1.54) is 0 Å². The molecule has 1 rings (SSSR count). The maximum Gasteiger partial charge on any atom is 0.161 e. The molecule has 4 heteroatoms. The van der Waals surface area contributed by atoms with E-state index in [-0.39, 0.29) is 10.6 Å². The van der Waals surface area contributed by atoms with Gasteiger partial charge >= 0.3 is 0 Å². The third-order valence-corrected chi connectivity index (χ3v) is 3.54. The fourth-order valence-electron chi connectivity index (χ4n) is 1.49. The molecule has 0 amide bonds. The second-order valence-electron chi connectivity index (χ2n) is 3.54. The molecule has 0 aliphatic rings. The molecule has 3 nitrogen and oxygen atoms in total. The minimum atomic E-state index is -0.299. The van der Waals surface area contributed by atoms with Crippen LogP contribution in [0.5, 0.6) is 11.5 Å². The van der Waals surface area contributed by atoms with Crippen LogP contribution in [0.3, 0.4) is 0 Å². The number of benzene rings is 1. The number of methoxy groups -OCH3 is 2. The van der Waals surface area contributed by atoms with E-state index in [9.17, 15) is 4.79 Å². The molecule has 0 saturated heterocycles. The third kappa shape index (κ3) is 2.55. The summed E-state index contributed by atoms with van der Waals surface area (Å²) in [4.78, 5) is 11.0. The lowest BCUT2D eigenvalue weighted by molar-refractivity contribution is -0.116. The van der Waals surface area contributed by atoms with Crippen molar-refractivity contribution in [3.05, 3.63) is 23.3 Å². The lowest BCUT2D eigenvalue weighted by Crippen LogP contribution is -2.04. The van der Waals surface area contributed by atoms with Gasteiger partial charge in [0.1, 0.15) is 5.78 Å². The number of Topliss-reactive ketones (excluding diaryl/α,β-unsaturated/α-hetero) is 1. The largest absolute Gasteiger partial charge is 0.493 e. The minimum Gasteiger partial charge on any atom is -0.493 e. The third-order valence-electron chi connectivity index (χ3n) is 2.40. The van der Waals surface area contributed by atoms with Crippen LogP contribution in [0.25, 0.3) is 0 Å². The topological polar surface area (TPSA) is 35.5 Å². The van der Waals surface area contributed by atoms with Crippen LogP contribution in [0.1, 0.15) is 22.9 Å². The van der Waals surface area contributed by atoms with Crippen molar-refractivity contribution in [1.29, 1.82) is 0 Å². The summed E-state index contributed by atoms with van der Waals surface area (Å²) in [5.41, 5.74) is 1.90. The Kier molecular flexibility index (Phi) is 4.35. The number of alkyl halides is 1. The van der Waals surface area contributed by atoms with E-state index >= 15 is 0 Å². The van der Waals surface area contributed by atoms with Crippen molar-refractivity contribution in [1.82, 2.24) is 0 Å². The summed E-state index contributed by atoms with van der Waals surface area (Å²) < 4.78 is 10.4. The molecule has 1 atom stereocenters. The summed E-state index contributed by atoms with van der Waals surface area (Å²) >= 11 is 3.37. The first-order valence-electron chi connectivity index (χ1n) is 4.88. The molecule has 0 aliphatic heterocycles. The van der Waals surface area contributed by atoms with E-state index in [0.29, 0.717) is 11.5 Å². The molecule has 0 heterocycles. The average Bonchev–Trinajstić information content (AvgIpc) is 2.27. The van der Waals surface area contributed by atoms with Crippen molar-refractivity contribution in [3.63, 3.8) is 0 Å². The second-order valence-corrected chi connectivity index (χ2v) is 4.45. The van der Waals surface area contributed by atoms with Gasteiger partial charge in [0, 0.05) is 0 Å². The van der Waals surface area contributed by atoms with Gasteiger partial charge in [-0.2, -0.15) is 0 Å². The van der Waals surface area contributed by atoms with Gasteiger partial charge in [0.2, 0.25) is 0 Å².